The molecular formula is C21H41NO. The fourth-order valence-corrected chi connectivity index (χ4v) is 2.88. The van der Waals surface area contributed by atoms with Crippen molar-refractivity contribution in [1.29, 1.82) is 0 Å². The third kappa shape index (κ3) is 17.4. The first-order valence-electron chi connectivity index (χ1n) is 10.0. The Labute approximate surface area is 145 Å². The number of primary amides is 1. The smallest absolute Gasteiger partial charge is 0.244 e. The number of hydrogen-bond donors (Lipinski definition) is 1. The Morgan fingerprint density at radius 1 is 0.783 bits per heavy atom. The van der Waals surface area contributed by atoms with E-state index in [0.29, 0.717) is 5.57 Å². The van der Waals surface area contributed by atoms with E-state index in [1.165, 1.54) is 83.5 Å². The lowest BCUT2D eigenvalue weighted by Crippen LogP contribution is -2.11. The summed E-state index contributed by atoms with van der Waals surface area (Å²) in [6, 6.07) is 0. The lowest BCUT2D eigenvalue weighted by atomic mass is 10.0. The molecule has 0 aliphatic rings. The van der Waals surface area contributed by atoms with Crippen LogP contribution in [0.3, 0.4) is 0 Å². The average Bonchev–Trinajstić information content (AvgIpc) is 2.50. The molecule has 0 rings (SSSR count). The first-order chi connectivity index (χ1) is 11.0. The zero-order valence-electron chi connectivity index (χ0n) is 16.0. The molecule has 2 heteroatoms. The zero-order valence-corrected chi connectivity index (χ0v) is 16.0. The van der Waals surface area contributed by atoms with Gasteiger partial charge in [0.2, 0.25) is 5.91 Å². The minimum absolute atomic E-state index is 0.287. The van der Waals surface area contributed by atoms with Crippen LogP contribution in [0.4, 0.5) is 0 Å². The molecule has 2 nitrogen and oxygen atoms in total. The highest BCUT2D eigenvalue weighted by atomic mass is 16.1. The van der Waals surface area contributed by atoms with Crippen molar-refractivity contribution in [3.63, 3.8) is 0 Å². The van der Waals surface area contributed by atoms with Gasteiger partial charge < -0.3 is 5.73 Å². The van der Waals surface area contributed by atoms with Gasteiger partial charge in [-0.3, -0.25) is 4.79 Å². The Kier molecular flexibility index (Phi) is 15.5. The predicted octanol–water partition coefficient (Wildman–Crippen LogP) is 6.54. The molecule has 0 aromatic rings. The standard InChI is InChI=1S/C21H41NO/c1-19(2)17-15-13-11-9-7-5-4-6-8-10-12-14-16-18-20(3)21(22)23/h18-19H,4-17H2,1-3H3,(H2,22,23)/b20-18+. The van der Waals surface area contributed by atoms with E-state index >= 15 is 0 Å². The van der Waals surface area contributed by atoms with Crippen molar-refractivity contribution in [2.24, 2.45) is 11.7 Å². The van der Waals surface area contributed by atoms with Crippen LogP contribution >= 0.6 is 0 Å². The van der Waals surface area contributed by atoms with Gasteiger partial charge in [-0.2, -0.15) is 0 Å². The zero-order chi connectivity index (χ0) is 17.3. The molecule has 2 N–H and O–H groups in total. The normalized spacial score (nSPS) is 12.1. The molecular weight excluding hydrogens is 282 g/mol. The van der Waals surface area contributed by atoms with Crippen molar-refractivity contribution in [3.8, 4) is 0 Å². The van der Waals surface area contributed by atoms with Crippen molar-refractivity contribution in [3.05, 3.63) is 11.6 Å². The van der Waals surface area contributed by atoms with E-state index in [1.54, 1.807) is 6.92 Å². The molecule has 136 valence electrons. The van der Waals surface area contributed by atoms with Crippen molar-refractivity contribution >= 4 is 5.91 Å². The van der Waals surface area contributed by atoms with Crippen molar-refractivity contribution < 1.29 is 4.79 Å². The number of rotatable bonds is 16. The third-order valence-corrected chi connectivity index (χ3v) is 4.57. The second-order valence-electron chi connectivity index (χ2n) is 7.47. The van der Waals surface area contributed by atoms with Gasteiger partial charge in [0.05, 0.1) is 0 Å². The van der Waals surface area contributed by atoms with Crippen LogP contribution in [0.15, 0.2) is 11.6 Å². The monoisotopic (exact) mass is 323 g/mol. The van der Waals surface area contributed by atoms with E-state index in [1.807, 2.05) is 6.08 Å². The summed E-state index contributed by atoms with van der Waals surface area (Å²) in [5.74, 6) is 0.586. The quantitative estimate of drug-likeness (QED) is 0.254. The molecule has 0 saturated carbocycles. The molecule has 0 aliphatic heterocycles. The number of nitrogens with two attached hydrogens (primary N) is 1. The molecule has 23 heavy (non-hydrogen) atoms. The van der Waals surface area contributed by atoms with E-state index in [4.69, 9.17) is 5.73 Å². The van der Waals surface area contributed by atoms with Crippen LogP contribution in [-0.2, 0) is 4.79 Å². The van der Waals surface area contributed by atoms with Crippen LogP contribution in [0.2, 0.25) is 0 Å². The summed E-state index contributed by atoms with van der Waals surface area (Å²) in [6.07, 6.45) is 20.9. The van der Waals surface area contributed by atoms with Gasteiger partial charge in [0, 0.05) is 5.57 Å². The summed E-state index contributed by atoms with van der Waals surface area (Å²) >= 11 is 0. The summed E-state index contributed by atoms with van der Waals surface area (Å²) in [5.41, 5.74) is 5.90. The fourth-order valence-electron chi connectivity index (χ4n) is 2.88. The molecule has 0 aliphatic carbocycles. The van der Waals surface area contributed by atoms with Crippen LogP contribution in [0.25, 0.3) is 0 Å². The van der Waals surface area contributed by atoms with Gasteiger partial charge >= 0.3 is 0 Å². The number of carbonyl (C=O) groups is 1. The van der Waals surface area contributed by atoms with Gasteiger partial charge in [-0.1, -0.05) is 97.0 Å². The average molecular weight is 324 g/mol. The Morgan fingerprint density at radius 2 is 1.17 bits per heavy atom. The van der Waals surface area contributed by atoms with Crippen LogP contribution in [0.1, 0.15) is 111 Å². The summed E-state index contributed by atoms with van der Waals surface area (Å²) in [5, 5.41) is 0. The fraction of sp³-hybridized carbons (Fsp3) is 0.857. The highest BCUT2D eigenvalue weighted by molar-refractivity contribution is 5.91. The Balaban J connectivity index is 3.14. The lowest BCUT2D eigenvalue weighted by molar-refractivity contribution is -0.114. The maximum Gasteiger partial charge on any atom is 0.244 e. The predicted molar refractivity (Wildman–Crippen MR) is 102 cm³/mol. The second-order valence-corrected chi connectivity index (χ2v) is 7.47. The molecule has 0 aromatic carbocycles. The van der Waals surface area contributed by atoms with E-state index in [-0.39, 0.29) is 5.91 Å². The Bertz CT molecular complexity index is 307. The van der Waals surface area contributed by atoms with Crippen molar-refractivity contribution in [1.82, 2.24) is 0 Å². The topological polar surface area (TPSA) is 43.1 Å². The molecule has 0 unspecified atom stereocenters. The molecule has 0 heterocycles. The molecule has 0 saturated heterocycles. The van der Waals surface area contributed by atoms with E-state index in [0.717, 1.165) is 12.3 Å². The highest BCUT2D eigenvalue weighted by Gasteiger charge is 1.97. The van der Waals surface area contributed by atoms with Crippen molar-refractivity contribution in [2.45, 2.75) is 111 Å². The number of hydrogen-bond acceptors (Lipinski definition) is 1. The minimum atomic E-state index is -0.287. The first kappa shape index (κ1) is 22.2. The van der Waals surface area contributed by atoms with E-state index in [9.17, 15) is 4.79 Å². The van der Waals surface area contributed by atoms with E-state index < -0.39 is 0 Å². The van der Waals surface area contributed by atoms with Crippen LogP contribution in [0.5, 0.6) is 0 Å². The van der Waals surface area contributed by atoms with Gasteiger partial charge in [-0.05, 0) is 25.7 Å². The number of amides is 1. The summed E-state index contributed by atoms with van der Waals surface area (Å²) in [7, 11) is 0. The molecule has 0 bridgehead atoms. The summed E-state index contributed by atoms with van der Waals surface area (Å²) in [4.78, 5) is 10.8. The van der Waals surface area contributed by atoms with Crippen LogP contribution in [0, 0.1) is 5.92 Å². The maximum atomic E-state index is 10.8. The second kappa shape index (κ2) is 16.1. The highest BCUT2D eigenvalue weighted by Crippen LogP contribution is 2.14. The number of unbranched alkanes of at least 4 members (excludes halogenated alkanes) is 12. The Hall–Kier alpha value is -0.790. The van der Waals surface area contributed by atoms with Gasteiger partial charge in [-0.25, -0.2) is 0 Å². The van der Waals surface area contributed by atoms with Gasteiger partial charge in [0.25, 0.3) is 0 Å². The molecule has 0 radical (unpaired) electrons. The molecule has 0 aromatic heterocycles. The third-order valence-electron chi connectivity index (χ3n) is 4.57. The van der Waals surface area contributed by atoms with Crippen molar-refractivity contribution in [2.75, 3.05) is 0 Å². The van der Waals surface area contributed by atoms with Crippen LogP contribution in [-0.4, -0.2) is 5.91 Å². The minimum Gasteiger partial charge on any atom is -0.366 e. The van der Waals surface area contributed by atoms with E-state index in [2.05, 4.69) is 13.8 Å². The molecule has 0 atom stereocenters. The first-order valence-corrected chi connectivity index (χ1v) is 10.0. The number of allylic oxidation sites excluding steroid dienone is 1. The van der Waals surface area contributed by atoms with Gasteiger partial charge in [0.1, 0.15) is 0 Å². The lowest BCUT2D eigenvalue weighted by Gasteiger charge is -2.04. The molecule has 0 spiro atoms. The van der Waals surface area contributed by atoms with Crippen LogP contribution < -0.4 is 5.73 Å². The molecule has 0 fully saturated rings. The molecule has 1 amide bonds. The number of carbonyl (C=O) groups excluding carboxylic acids is 1. The Morgan fingerprint density at radius 3 is 1.57 bits per heavy atom. The maximum absolute atomic E-state index is 10.8. The SMILES string of the molecule is C/C(=C\CCCCCCCCCCCCCCC(C)C)C(N)=O. The summed E-state index contributed by atoms with van der Waals surface area (Å²) < 4.78 is 0. The largest absolute Gasteiger partial charge is 0.366 e. The summed E-state index contributed by atoms with van der Waals surface area (Å²) in [6.45, 7) is 6.43. The van der Waals surface area contributed by atoms with Gasteiger partial charge in [-0.15, -0.1) is 0 Å². The van der Waals surface area contributed by atoms with Gasteiger partial charge in [0.15, 0.2) is 0 Å².